The van der Waals surface area contributed by atoms with Crippen LogP contribution in [0.1, 0.15) is 374 Å². The fourth-order valence-electron chi connectivity index (χ4n) is 14.8. The lowest BCUT2D eigenvalue weighted by atomic mass is 9.84. The molecule has 3 aliphatic rings. The van der Waals surface area contributed by atoms with Gasteiger partial charge in [0.15, 0.2) is 24.8 Å². The number of unbranched alkanes of at least 4 members (excludes halogenated alkanes) is 43. The minimum atomic E-state index is -5.81. The van der Waals surface area contributed by atoms with E-state index in [-0.39, 0.29) is 32.1 Å². The van der Waals surface area contributed by atoms with Crippen molar-refractivity contribution in [1.82, 2.24) is 0 Å². The Labute approximate surface area is 691 Å². The summed E-state index contributed by atoms with van der Waals surface area (Å²) in [5, 5.41) is 102. The minimum absolute atomic E-state index is 0.0143. The first-order chi connectivity index (χ1) is 55.7. The predicted octanol–water partition coefficient (Wildman–Crippen LogP) is 16.3. The molecule has 26 heteroatoms. The number of allylic oxidation sites excluding steroid dienone is 6. The summed E-state index contributed by atoms with van der Waals surface area (Å²) in [7, 11) is -5.81. The first kappa shape index (κ1) is 106. The Bertz CT molecular complexity index is 2540. The highest BCUT2D eigenvalue weighted by Crippen LogP contribution is 2.49. The third kappa shape index (κ3) is 48.8. The average molecular weight is 1660 g/mol. The molecule has 1 saturated carbocycles. The first-order valence-corrected chi connectivity index (χ1v) is 47.2. The van der Waals surface area contributed by atoms with Crippen LogP contribution in [0.5, 0.6) is 0 Å². The van der Waals surface area contributed by atoms with Gasteiger partial charge in [0, 0.05) is 25.7 Å². The first-order valence-electron chi connectivity index (χ1n) is 45.7. The number of esters is 4. The molecule has 3 rings (SSSR count). The van der Waals surface area contributed by atoms with Gasteiger partial charge in [-0.1, -0.05) is 282 Å². The maximum atomic E-state index is 14.9. The Morgan fingerprint density at radius 1 is 0.339 bits per heavy atom. The van der Waals surface area contributed by atoms with E-state index in [1.807, 2.05) is 0 Å². The van der Waals surface area contributed by atoms with E-state index in [2.05, 4.69) is 64.2 Å². The van der Waals surface area contributed by atoms with Gasteiger partial charge >= 0.3 is 31.7 Å². The number of ether oxygens (including phenoxy) is 8. The van der Waals surface area contributed by atoms with E-state index < -0.39 is 162 Å². The van der Waals surface area contributed by atoms with Gasteiger partial charge in [-0.25, -0.2) is 4.57 Å². The number of hydrogen-bond acceptors (Lipinski definition) is 24. The summed E-state index contributed by atoms with van der Waals surface area (Å²) in [6.45, 7) is 5.52. The SMILES string of the molecule is CCCCCC/C=C\CCCCCCCCCC(=O)OCC(COP(=O)(O)OC1C(OC2OC(CO)C(O)C(O)C2O)C(O)C(O)C(OC(=O)CCCCC/C=C\CCCCCCCC)C1OC1OC(COC(=O)CCCCCCCCCCCCCCC)C(O)C(O)C1O)OC(=O)CCCCCCCCC/C=C\CCCCCC. The lowest BCUT2D eigenvalue weighted by Gasteiger charge is -2.50. The smallest absolute Gasteiger partial charge is 0.463 e. The molecule has 0 radical (unpaired) electrons. The third-order valence-corrected chi connectivity index (χ3v) is 23.1. The van der Waals surface area contributed by atoms with Crippen LogP contribution in [0.3, 0.4) is 0 Å². The van der Waals surface area contributed by atoms with Gasteiger partial charge in [0.1, 0.15) is 92.6 Å². The van der Waals surface area contributed by atoms with Crippen LogP contribution in [-0.4, -0.2) is 205 Å². The van der Waals surface area contributed by atoms with Crippen LogP contribution in [0.4, 0.5) is 0 Å². The molecule has 115 heavy (non-hydrogen) atoms. The quantitative estimate of drug-likeness (QED) is 0.00889. The predicted molar refractivity (Wildman–Crippen MR) is 444 cm³/mol. The van der Waals surface area contributed by atoms with Crippen LogP contribution < -0.4 is 0 Å². The van der Waals surface area contributed by atoms with Crippen LogP contribution in [-0.2, 0) is 70.7 Å². The summed E-state index contributed by atoms with van der Waals surface area (Å²) in [5.41, 5.74) is 0. The fourth-order valence-corrected chi connectivity index (χ4v) is 15.7. The number of carbonyl (C=O) groups is 4. The van der Waals surface area contributed by atoms with Crippen molar-refractivity contribution < 1.29 is 122 Å². The van der Waals surface area contributed by atoms with Gasteiger partial charge in [0.25, 0.3) is 0 Å². The van der Waals surface area contributed by atoms with Crippen molar-refractivity contribution in [3.8, 4) is 0 Å². The summed E-state index contributed by atoms with van der Waals surface area (Å²) in [6, 6.07) is 0. The minimum Gasteiger partial charge on any atom is -0.463 e. The number of rotatable bonds is 73. The molecule has 2 aliphatic heterocycles. The van der Waals surface area contributed by atoms with Crippen LogP contribution in [0.2, 0.25) is 0 Å². The molecular formula is C89H161O25P. The number of phosphoric ester groups is 1. The van der Waals surface area contributed by atoms with Crippen molar-refractivity contribution in [2.75, 3.05) is 26.4 Å². The van der Waals surface area contributed by atoms with Crippen molar-refractivity contribution in [3.63, 3.8) is 0 Å². The van der Waals surface area contributed by atoms with E-state index in [9.17, 15) is 74.6 Å². The summed E-state index contributed by atoms with van der Waals surface area (Å²) in [6.07, 6.45) is 28.7. The van der Waals surface area contributed by atoms with Crippen LogP contribution >= 0.6 is 7.82 Å². The van der Waals surface area contributed by atoms with E-state index in [1.54, 1.807) is 0 Å². The molecule has 25 nitrogen and oxygen atoms in total. The maximum absolute atomic E-state index is 14.9. The second-order valence-corrected chi connectivity index (χ2v) is 33.9. The molecule has 0 aromatic carbocycles. The Morgan fingerprint density at radius 3 is 1.05 bits per heavy atom. The molecule has 2 heterocycles. The van der Waals surface area contributed by atoms with E-state index >= 15 is 0 Å². The molecule has 672 valence electrons. The van der Waals surface area contributed by atoms with Crippen LogP contribution in [0.25, 0.3) is 0 Å². The summed E-state index contributed by atoms with van der Waals surface area (Å²) in [4.78, 5) is 66.3. The van der Waals surface area contributed by atoms with Gasteiger partial charge in [-0.3, -0.25) is 28.2 Å². The van der Waals surface area contributed by atoms with Gasteiger partial charge < -0.3 is 88.7 Å². The van der Waals surface area contributed by atoms with E-state index in [0.717, 1.165) is 154 Å². The summed E-state index contributed by atoms with van der Waals surface area (Å²) < 4.78 is 73.3. The number of aliphatic hydroxyl groups excluding tert-OH is 9. The van der Waals surface area contributed by atoms with Crippen molar-refractivity contribution in [3.05, 3.63) is 36.5 Å². The Kier molecular flexibility index (Phi) is 62.8. The highest BCUT2D eigenvalue weighted by atomic mass is 31.2. The van der Waals surface area contributed by atoms with E-state index in [4.69, 9.17) is 46.9 Å². The molecule has 18 atom stereocenters. The fraction of sp³-hybridized carbons (Fsp3) is 0.888. The Hall–Kier alpha value is -3.31. The average Bonchev–Trinajstić information content (AvgIpc) is 0.754. The monoisotopic (exact) mass is 1660 g/mol. The highest BCUT2D eigenvalue weighted by molar-refractivity contribution is 7.47. The molecular weight excluding hydrogens is 1500 g/mol. The second-order valence-electron chi connectivity index (χ2n) is 32.4. The van der Waals surface area contributed by atoms with E-state index in [0.29, 0.717) is 38.5 Å². The van der Waals surface area contributed by atoms with Crippen LogP contribution in [0, 0.1) is 0 Å². The van der Waals surface area contributed by atoms with Gasteiger partial charge in [-0.05, 0) is 103 Å². The largest absolute Gasteiger partial charge is 0.472 e. The van der Waals surface area contributed by atoms with Gasteiger partial charge in [-0.2, -0.15) is 0 Å². The summed E-state index contributed by atoms with van der Waals surface area (Å²) in [5.74, 6) is -3.00. The molecule has 0 aromatic rings. The number of carbonyl (C=O) groups excluding carboxylic acids is 4. The molecule has 1 aliphatic carbocycles. The standard InChI is InChI=1S/C89H161O25P/c1-5-9-13-17-21-25-29-33-35-39-42-45-49-53-57-61-72(91)105-66-69(108-74(93)63-59-55-51-47-44-40-36-34-30-26-22-18-14-10-6-2)67-107-115(103,104)114-87-85(112-88-82(101)78(97)76(95)70(65-90)109-88)81(100)80(99)84(111-75(94)64-60-56-52-48-43-38-32-28-24-20-16-12-8-4)86(87)113-89-83(102)79(98)77(96)71(110-89)68-106-73(92)62-58-54-50-46-41-37-31-27-23-19-15-11-7-3/h25-26,29-30,38,43,69-71,76-90,95-102H,5-24,27-28,31-37,39-42,44-68H2,1-4H3,(H,103,104)/b29-25-,30-26-,43-38-. The third-order valence-electron chi connectivity index (χ3n) is 22.1. The molecule has 3 fully saturated rings. The molecule has 0 spiro atoms. The number of aliphatic hydroxyl groups is 9. The molecule has 0 amide bonds. The Balaban J connectivity index is 1.93. The molecule has 0 bridgehead atoms. The summed E-state index contributed by atoms with van der Waals surface area (Å²) >= 11 is 0. The zero-order valence-electron chi connectivity index (χ0n) is 71.3. The van der Waals surface area contributed by atoms with Gasteiger partial charge in [-0.15, -0.1) is 0 Å². The molecule has 10 N–H and O–H groups in total. The normalized spacial score (nSPS) is 25.4. The van der Waals surface area contributed by atoms with Gasteiger partial charge in [0.05, 0.1) is 13.2 Å². The zero-order valence-corrected chi connectivity index (χ0v) is 72.2. The maximum Gasteiger partial charge on any atom is 0.472 e. The van der Waals surface area contributed by atoms with E-state index in [1.165, 1.54) is 122 Å². The van der Waals surface area contributed by atoms with Gasteiger partial charge in [0.2, 0.25) is 0 Å². The zero-order chi connectivity index (χ0) is 84.0. The molecule has 18 unspecified atom stereocenters. The number of phosphoric acid groups is 1. The van der Waals surface area contributed by atoms with Crippen LogP contribution in [0.15, 0.2) is 36.5 Å². The molecule has 0 aromatic heterocycles. The number of hydrogen-bond donors (Lipinski definition) is 10. The lowest BCUT2D eigenvalue weighted by molar-refractivity contribution is -0.360. The highest BCUT2D eigenvalue weighted by Gasteiger charge is 2.60. The second kappa shape index (κ2) is 68.3. The molecule has 2 saturated heterocycles. The lowest BCUT2D eigenvalue weighted by Crippen LogP contribution is -2.70. The van der Waals surface area contributed by atoms with Crippen molar-refractivity contribution in [2.24, 2.45) is 0 Å². The van der Waals surface area contributed by atoms with Crippen molar-refractivity contribution >= 4 is 31.7 Å². The topological polar surface area (TPSA) is 380 Å². The van der Waals surface area contributed by atoms with Crippen molar-refractivity contribution in [2.45, 2.75) is 479 Å². The van der Waals surface area contributed by atoms with Crippen molar-refractivity contribution in [1.29, 1.82) is 0 Å². The Morgan fingerprint density at radius 2 is 0.652 bits per heavy atom.